The normalized spacial score (nSPS) is 21.4. The van der Waals surface area contributed by atoms with E-state index in [1.54, 1.807) is 9.20 Å². The summed E-state index contributed by atoms with van der Waals surface area (Å²) in [6, 6.07) is 4.02. The zero-order valence-electron chi connectivity index (χ0n) is 14.7. The molecular weight excluding hydrogens is 320 g/mol. The number of hydrogen-bond donors (Lipinski definition) is 1. The number of aliphatic hydroxyl groups is 1. The molecule has 0 saturated carbocycles. The van der Waals surface area contributed by atoms with Crippen LogP contribution in [0, 0.1) is 6.92 Å². The van der Waals surface area contributed by atoms with Crippen LogP contribution in [0.3, 0.4) is 0 Å². The first-order valence-corrected chi connectivity index (χ1v) is 8.55. The van der Waals surface area contributed by atoms with Crippen LogP contribution in [0.2, 0.25) is 0 Å². The smallest absolute Gasteiger partial charge is 0.178 e. The largest absolute Gasteiger partial charge is 0.382 e. The molecule has 0 bridgehead atoms. The van der Waals surface area contributed by atoms with Crippen molar-refractivity contribution in [2.75, 3.05) is 18.0 Å². The quantitative estimate of drug-likeness (QED) is 0.761. The lowest BCUT2D eigenvalue weighted by Gasteiger charge is -2.38. The number of nitrogens with zero attached hydrogens (tertiary/aromatic N) is 8. The van der Waals surface area contributed by atoms with Gasteiger partial charge in [-0.15, -0.1) is 20.4 Å². The number of fused-ring (bicyclic) bond motifs is 1. The predicted molar refractivity (Wildman–Crippen MR) is 91.3 cm³/mol. The lowest BCUT2D eigenvalue weighted by molar-refractivity contribution is 0.0174. The van der Waals surface area contributed by atoms with E-state index in [1.165, 1.54) is 0 Å². The monoisotopic (exact) mass is 342 g/mol. The maximum absolute atomic E-state index is 11.2. The first kappa shape index (κ1) is 15.9. The zero-order valence-corrected chi connectivity index (χ0v) is 14.7. The number of rotatable bonds is 3. The van der Waals surface area contributed by atoms with Crippen LogP contribution in [-0.4, -0.2) is 53.0 Å². The molecule has 1 saturated heterocycles. The van der Waals surface area contributed by atoms with E-state index >= 15 is 0 Å². The molecule has 3 aromatic rings. The number of β-amino-alcohol motifs (C(OH)–C–C–N with tert-alkyl or cyclic N) is 1. The van der Waals surface area contributed by atoms with E-state index < -0.39 is 5.60 Å². The van der Waals surface area contributed by atoms with Gasteiger partial charge in [-0.25, -0.2) is 4.68 Å². The molecule has 0 unspecified atom stereocenters. The molecule has 0 radical (unpaired) electrons. The van der Waals surface area contributed by atoms with Gasteiger partial charge < -0.3 is 10.0 Å². The lowest BCUT2D eigenvalue weighted by Crippen LogP contribution is -2.47. The molecule has 4 rings (SSSR count). The van der Waals surface area contributed by atoms with E-state index in [1.807, 2.05) is 39.1 Å². The average Bonchev–Trinajstić information content (AvgIpc) is 3.23. The summed E-state index contributed by atoms with van der Waals surface area (Å²) in [5, 5.41) is 32.2. The number of piperidine rings is 1. The molecular formula is C16H22N8O. The van der Waals surface area contributed by atoms with Gasteiger partial charge >= 0.3 is 0 Å². The molecule has 4 heterocycles. The van der Waals surface area contributed by atoms with Gasteiger partial charge in [-0.2, -0.15) is 4.52 Å². The Balaban J connectivity index is 1.63. The van der Waals surface area contributed by atoms with Crippen molar-refractivity contribution in [3.8, 4) is 0 Å². The minimum Gasteiger partial charge on any atom is -0.382 e. The van der Waals surface area contributed by atoms with Gasteiger partial charge in [-0.1, -0.05) is 5.21 Å². The molecule has 0 aliphatic carbocycles. The van der Waals surface area contributed by atoms with Gasteiger partial charge in [0.25, 0.3) is 0 Å². The van der Waals surface area contributed by atoms with Crippen LogP contribution in [0.4, 0.5) is 5.82 Å². The van der Waals surface area contributed by atoms with E-state index in [-0.39, 0.29) is 6.04 Å². The molecule has 1 N–H and O–H groups in total. The van der Waals surface area contributed by atoms with Crippen LogP contribution >= 0.6 is 0 Å². The van der Waals surface area contributed by atoms with Gasteiger partial charge in [0.1, 0.15) is 17.1 Å². The van der Waals surface area contributed by atoms with Crippen molar-refractivity contribution in [3.63, 3.8) is 0 Å². The Morgan fingerprint density at radius 2 is 2.04 bits per heavy atom. The van der Waals surface area contributed by atoms with Crippen molar-refractivity contribution in [3.05, 3.63) is 29.8 Å². The number of hydrogen-bond acceptors (Lipinski definition) is 7. The van der Waals surface area contributed by atoms with Crippen LogP contribution in [0.15, 0.2) is 18.3 Å². The highest BCUT2D eigenvalue weighted by Gasteiger charge is 2.38. The maximum atomic E-state index is 11.2. The fraction of sp³-hybridized carbons (Fsp3) is 0.562. The van der Waals surface area contributed by atoms with E-state index in [0.29, 0.717) is 24.3 Å². The molecule has 0 spiro atoms. The summed E-state index contributed by atoms with van der Waals surface area (Å²) in [7, 11) is 0. The molecule has 0 amide bonds. The van der Waals surface area contributed by atoms with Crippen molar-refractivity contribution in [2.24, 2.45) is 0 Å². The Morgan fingerprint density at radius 3 is 2.80 bits per heavy atom. The second-order valence-electron chi connectivity index (χ2n) is 6.94. The molecule has 1 atom stereocenters. The van der Waals surface area contributed by atoms with Crippen molar-refractivity contribution < 1.29 is 5.11 Å². The topological polar surface area (TPSA) is 97.3 Å². The molecule has 25 heavy (non-hydrogen) atoms. The summed E-state index contributed by atoms with van der Waals surface area (Å²) < 4.78 is 3.50. The van der Waals surface area contributed by atoms with Gasteiger partial charge in [-0.05, 0) is 45.7 Å². The van der Waals surface area contributed by atoms with Crippen LogP contribution in [0.5, 0.6) is 0 Å². The molecule has 1 aliphatic rings. The van der Waals surface area contributed by atoms with Crippen molar-refractivity contribution >= 4 is 11.5 Å². The highest BCUT2D eigenvalue weighted by Crippen LogP contribution is 2.32. The maximum Gasteiger partial charge on any atom is 0.178 e. The third-order valence-corrected chi connectivity index (χ3v) is 4.72. The molecule has 1 fully saturated rings. The Morgan fingerprint density at radius 1 is 1.20 bits per heavy atom. The third-order valence-electron chi connectivity index (χ3n) is 4.72. The predicted octanol–water partition coefficient (Wildman–Crippen LogP) is 1.09. The SMILES string of the molecule is Cc1nnc2ccc(N3CCC[C@@](O)(c4cn(C(C)C)nn4)C3)nn12. The summed E-state index contributed by atoms with van der Waals surface area (Å²) in [6.07, 6.45) is 3.36. The Hall–Kier alpha value is -2.55. The van der Waals surface area contributed by atoms with Gasteiger partial charge in [0, 0.05) is 12.6 Å². The van der Waals surface area contributed by atoms with Crippen LogP contribution in [0.1, 0.15) is 44.2 Å². The highest BCUT2D eigenvalue weighted by molar-refractivity contribution is 5.46. The van der Waals surface area contributed by atoms with Gasteiger partial charge in [0.2, 0.25) is 0 Å². The van der Waals surface area contributed by atoms with Crippen molar-refractivity contribution in [2.45, 2.75) is 45.3 Å². The first-order chi connectivity index (χ1) is 12.0. The summed E-state index contributed by atoms with van der Waals surface area (Å²) in [6.45, 7) is 7.21. The van der Waals surface area contributed by atoms with Crippen LogP contribution in [-0.2, 0) is 5.60 Å². The second-order valence-corrected chi connectivity index (χ2v) is 6.94. The van der Waals surface area contributed by atoms with Gasteiger partial charge in [-0.3, -0.25) is 0 Å². The number of aryl methyl sites for hydroxylation is 1. The summed E-state index contributed by atoms with van der Waals surface area (Å²) in [4.78, 5) is 2.08. The lowest BCUT2D eigenvalue weighted by atomic mass is 9.90. The summed E-state index contributed by atoms with van der Waals surface area (Å²) in [5.74, 6) is 1.54. The van der Waals surface area contributed by atoms with Crippen LogP contribution in [0.25, 0.3) is 5.65 Å². The van der Waals surface area contributed by atoms with E-state index in [9.17, 15) is 5.11 Å². The van der Waals surface area contributed by atoms with Gasteiger partial charge in [0.05, 0.1) is 12.7 Å². The average molecular weight is 342 g/mol. The Kier molecular flexibility index (Phi) is 3.68. The first-order valence-electron chi connectivity index (χ1n) is 8.55. The molecule has 9 heteroatoms. The minimum atomic E-state index is -1.02. The molecule has 1 aliphatic heterocycles. The molecule has 3 aromatic heterocycles. The van der Waals surface area contributed by atoms with Crippen molar-refractivity contribution in [1.82, 2.24) is 34.8 Å². The summed E-state index contributed by atoms with van der Waals surface area (Å²) in [5.41, 5.74) is 0.311. The van der Waals surface area contributed by atoms with E-state index in [4.69, 9.17) is 0 Å². The Bertz CT molecular complexity index is 901. The van der Waals surface area contributed by atoms with Crippen LogP contribution < -0.4 is 4.90 Å². The highest BCUT2D eigenvalue weighted by atomic mass is 16.3. The fourth-order valence-electron chi connectivity index (χ4n) is 3.24. The Labute approximate surface area is 145 Å². The number of aromatic nitrogens is 7. The van der Waals surface area contributed by atoms with E-state index in [0.717, 1.165) is 24.6 Å². The standard InChI is InChI=1S/C16H22N8O/c1-11(2)23-9-13(18-21-23)16(25)7-4-8-22(10-16)15-6-5-14-19-17-12(3)24(14)20-15/h5-6,9,11,25H,4,7-8,10H2,1-3H3/t16-/m0/s1. The van der Waals surface area contributed by atoms with E-state index in [2.05, 4.69) is 30.5 Å². The molecule has 132 valence electrons. The molecule has 0 aromatic carbocycles. The fourth-order valence-corrected chi connectivity index (χ4v) is 3.24. The second kappa shape index (κ2) is 5.76. The summed E-state index contributed by atoms with van der Waals surface area (Å²) >= 11 is 0. The number of anilines is 1. The zero-order chi connectivity index (χ0) is 17.6. The third kappa shape index (κ3) is 2.74. The van der Waals surface area contributed by atoms with Crippen molar-refractivity contribution in [1.29, 1.82) is 0 Å². The minimum absolute atomic E-state index is 0.213. The molecule has 9 nitrogen and oxygen atoms in total. The van der Waals surface area contributed by atoms with Gasteiger partial charge in [0.15, 0.2) is 11.5 Å².